The van der Waals surface area contributed by atoms with Crippen LogP contribution < -0.4 is 5.11 Å². The van der Waals surface area contributed by atoms with Gasteiger partial charge in [-0.25, -0.2) is 0 Å². The summed E-state index contributed by atoms with van der Waals surface area (Å²) in [6, 6.07) is 0. The largest absolute Gasteiger partial charge is 2.00 e. The van der Waals surface area contributed by atoms with E-state index in [0.29, 0.717) is 0 Å². The normalized spacial score (nSPS) is 10.3. The van der Waals surface area contributed by atoms with Gasteiger partial charge in [0.25, 0.3) is 0 Å². The third-order valence-electron chi connectivity index (χ3n) is 3.98. The van der Waals surface area contributed by atoms with E-state index < -0.39 is 5.97 Å². The number of rotatable bonds is 16. The van der Waals surface area contributed by atoms with E-state index in [0.717, 1.165) is 12.8 Å². The van der Waals surface area contributed by atoms with Gasteiger partial charge >= 0.3 is 19.5 Å². The monoisotopic (exact) mass is 347 g/mol. The molecular weight excluding hydrogens is 314 g/mol. The standard InChI is InChI=1S/C18H36O2.Zn/c1-2-3-4-5-6-7-8-9-10-11-12-13-14-15-16-17-18(19)20;/h2-17H2,1H3,(H,19,20);/q;+2/p-1. The minimum Gasteiger partial charge on any atom is -0.550 e. The van der Waals surface area contributed by atoms with E-state index in [1.807, 2.05) is 0 Å². The van der Waals surface area contributed by atoms with Crippen LogP contribution in [0.1, 0.15) is 110 Å². The Morgan fingerprint density at radius 2 is 0.905 bits per heavy atom. The minimum atomic E-state index is -0.903. The Hall–Kier alpha value is 0.0934. The van der Waals surface area contributed by atoms with Crippen LogP contribution >= 0.6 is 0 Å². The van der Waals surface area contributed by atoms with Crippen LogP contribution in [0.15, 0.2) is 0 Å². The van der Waals surface area contributed by atoms with Crippen LogP contribution in [0.2, 0.25) is 0 Å². The molecule has 0 aliphatic heterocycles. The molecule has 0 unspecified atom stereocenters. The van der Waals surface area contributed by atoms with Crippen LogP contribution in [0.4, 0.5) is 0 Å². The molecule has 0 aromatic heterocycles. The van der Waals surface area contributed by atoms with Crippen molar-refractivity contribution in [2.24, 2.45) is 0 Å². The Morgan fingerprint density at radius 3 is 1.19 bits per heavy atom. The second kappa shape index (κ2) is 20.1. The molecule has 0 aromatic rings. The zero-order valence-electron chi connectivity index (χ0n) is 14.3. The van der Waals surface area contributed by atoms with Crippen molar-refractivity contribution in [2.45, 2.75) is 110 Å². The van der Waals surface area contributed by atoms with Gasteiger partial charge in [-0.15, -0.1) is 0 Å². The van der Waals surface area contributed by atoms with Crippen LogP contribution in [-0.2, 0) is 24.3 Å². The average molecular weight is 349 g/mol. The fraction of sp³-hybridized carbons (Fsp3) is 0.944. The molecule has 3 heteroatoms. The number of carbonyl (C=O) groups is 1. The summed E-state index contributed by atoms with van der Waals surface area (Å²) in [7, 11) is 0. The van der Waals surface area contributed by atoms with Gasteiger partial charge in [0.05, 0.1) is 0 Å². The molecule has 0 amide bonds. The fourth-order valence-corrected chi connectivity index (χ4v) is 2.64. The van der Waals surface area contributed by atoms with Crippen molar-refractivity contribution >= 4 is 5.97 Å². The maximum absolute atomic E-state index is 10.2. The van der Waals surface area contributed by atoms with Crippen LogP contribution in [0.3, 0.4) is 0 Å². The van der Waals surface area contributed by atoms with E-state index in [9.17, 15) is 9.90 Å². The van der Waals surface area contributed by atoms with Gasteiger partial charge in [-0.3, -0.25) is 0 Å². The molecule has 0 aliphatic rings. The zero-order valence-corrected chi connectivity index (χ0v) is 17.3. The fourth-order valence-electron chi connectivity index (χ4n) is 2.64. The van der Waals surface area contributed by atoms with E-state index in [4.69, 9.17) is 0 Å². The number of aliphatic carboxylic acids is 1. The predicted octanol–water partition coefficient (Wildman–Crippen LogP) is 5.00. The quantitative estimate of drug-likeness (QED) is 0.291. The summed E-state index contributed by atoms with van der Waals surface area (Å²) in [5.41, 5.74) is 0. The van der Waals surface area contributed by atoms with Crippen molar-refractivity contribution in [3.05, 3.63) is 0 Å². The van der Waals surface area contributed by atoms with E-state index in [2.05, 4.69) is 6.92 Å². The molecular formula is C18H35O2Zn+. The topological polar surface area (TPSA) is 40.1 Å². The second-order valence-corrected chi connectivity index (χ2v) is 6.07. The molecule has 120 valence electrons. The first-order valence-corrected chi connectivity index (χ1v) is 8.97. The first-order chi connectivity index (χ1) is 9.77. The van der Waals surface area contributed by atoms with Gasteiger partial charge in [0.1, 0.15) is 0 Å². The number of hydrogen-bond acceptors (Lipinski definition) is 2. The van der Waals surface area contributed by atoms with Crippen LogP contribution in [0.5, 0.6) is 0 Å². The van der Waals surface area contributed by atoms with Crippen molar-refractivity contribution in [3.8, 4) is 0 Å². The zero-order chi connectivity index (χ0) is 14.9. The third-order valence-corrected chi connectivity index (χ3v) is 3.98. The number of carbonyl (C=O) groups excluding carboxylic acids is 1. The smallest absolute Gasteiger partial charge is 0.550 e. The van der Waals surface area contributed by atoms with Gasteiger partial charge in [-0.2, -0.15) is 0 Å². The maximum atomic E-state index is 10.2. The molecule has 0 aliphatic carbocycles. The van der Waals surface area contributed by atoms with Gasteiger partial charge in [0.2, 0.25) is 0 Å². The first-order valence-electron chi connectivity index (χ1n) is 8.97. The summed E-state index contributed by atoms with van der Waals surface area (Å²) in [5, 5.41) is 10.2. The summed E-state index contributed by atoms with van der Waals surface area (Å²) < 4.78 is 0. The molecule has 0 aromatic carbocycles. The predicted molar refractivity (Wildman–Crippen MR) is 84.6 cm³/mol. The number of hydrogen-bond donors (Lipinski definition) is 0. The Labute approximate surface area is 145 Å². The SMILES string of the molecule is CCCCCCCCCCCCCCCCCC(=O)[O-].[Zn+2]. The summed E-state index contributed by atoms with van der Waals surface area (Å²) >= 11 is 0. The first kappa shape index (κ1) is 23.4. The van der Waals surface area contributed by atoms with Gasteiger partial charge in [-0.1, -0.05) is 96.8 Å². The van der Waals surface area contributed by atoms with Crippen molar-refractivity contribution in [1.82, 2.24) is 0 Å². The van der Waals surface area contributed by atoms with Gasteiger partial charge in [-0.05, 0) is 12.8 Å². The molecule has 0 spiro atoms. The maximum Gasteiger partial charge on any atom is 2.00 e. The van der Waals surface area contributed by atoms with E-state index >= 15 is 0 Å². The van der Waals surface area contributed by atoms with Gasteiger partial charge < -0.3 is 9.90 Å². The molecule has 0 heterocycles. The Bertz CT molecular complexity index is 207. The summed E-state index contributed by atoms with van der Waals surface area (Å²) in [6.45, 7) is 2.27. The second-order valence-electron chi connectivity index (χ2n) is 6.07. The molecule has 0 N–H and O–H groups in total. The molecule has 0 rings (SSSR count). The molecule has 0 fully saturated rings. The van der Waals surface area contributed by atoms with Crippen LogP contribution in [0, 0.1) is 0 Å². The summed E-state index contributed by atoms with van der Waals surface area (Å²) in [6.07, 6.45) is 19.9. The van der Waals surface area contributed by atoms with E-state index in [1.54, 1.807) is 0 Å². The van der Waals surface area contributed by atoms with Gasteiger partial charge in [0, 0.05) is 5.97 Å². The third kappa shape index (κ3) is 22.5. The van der Waals surface area contributed by atoms with Crippen molar-refractivity contribution in [1.29, 1.82) is 0 Å². The summed E-state index contributed by atoms with van der Waals surface area (Å²) in [5.74, 6) is -0.903. The van der Waals surface area contributed by atoms with Crippen LogP contribution in [0.25, 0.3) is 0 Å². The van der Waals surface area contributed by atoms with Crippen molar-refractivity contribution in [2.75, 3.05) is 0 Å². The molecule has 0 saturated heterocycles. The van der Waals surface area contributed by atoms with Crippen LogP contribution in [-0.4, -0.2) is 5.97 Å². The number of carboxylic acids is 1. The van der Waals surface area contributed by atoms with E-state index in [1.165, 1.54) is 83.5 Å². The molecule has 0 radical (unpaired) electrons. The molecule has 21 heavy (non-hydrogen) atoms. The molecule has 0 atom stereocenters. The van der Waals surface area contributed by atoms with Crippen molar-refractivity contribution < 1.29 is 29.4 Å². The average Bonchev–Trinajstić information content (AvgIpc) is 2.43. The molecule has 0 bridgehead atoms. The van der Waals surface area contributed by atoms with Gasteiger partial charge in [0.15, 0.2) is 0 Å². The Morgan fingerprint density at radius 1 is 0.619 bits per heavy atom. The minimum absolute atomic E-state index is 0. The number of carboxylic acid groups (broad SMARTS) is 1. The van der Waals surface area contributed by atoms with E-state index in [-0.39, 0.29) is 25.9 Å². The Kier molecular flexibility index (Phi) is 22.4. The van der Waals surface area contributed by atoms with Crippen molar-refractivity contribution in [3.63, 3.8) is 0 Å². The number of unbranched alkanes of at least 4 members (excludes halogenated alkanes) is 14. The molecule has 0 saturated carbocycles. The summed E-state index contributed by atoms with van der Waals surface area (Å²) in [4.78, 5) is 10.2. The molecule has 2 nitrogen and oxygen atoms in total. The Balaban J connectivity index is 0.